The van der Waals surface area contributed by atoms with Crippen LogP contribution in [0.15, 0.2) is 57.5 Å². The minimum absolute atomic E-state index is 0.0120. The second-order valence-electron chi connectivity index (χ2n) is 18.4. The summed E-state index contributed by atoms with van der Waals surface area (Å²) in [7, 11) is 0. The molecule has 2 aromatic rings. The van der Waals surface area contributed by atoms with Crippen LogP contribution in [0.2, 0.25) is 0 Å². The number of piperidine rings is 1. The molecule has 5 bridgehead atoms. The number of aliphatic hydroxyl groups is 2. The molecule has 9 atom stereocenters. The Hall–Kier alpha value is -5.93. The molecule has 64 heavy (non-hydrogen) atoms. The summed E-state index contributed by atoms with van der Waals surface area (Å²) >= 11 is 0. The van der Waals surface area contributed by atoms with Crippen LogP contribution in [0.1, 0.15) is 91.1 Å². The molecule has 15 heteroatoms. The molecule has 0 aromatic heterocycles. The number of allylic oxidation sites excluding steroid dienone is 3. The summed E-state index contributed by atoms with van der Waals surface area (Å²) in [6.45, 7) is 18.3. The predicted molar refractivity (Wildman–Crippen MR) is 242 cm³/mol. The number of carbonyl (C=O) groups excluding carboxylic acids is 3. The van der Waals surface area contributed by atoms with Gasteiger partial charge in [0.05, 0.1) is 29.4 Å². The van der Waals surface area contributed by atoms with Crippen LogP contribution < -0.4 is 20.4 Å². The van der Waals surface area contributed by atoms with Crippen LogP contribution in [0, 0.1) is 42.4 Å². The van der Waals surface area contributed by atoms with E-state index in [-0.39, 0.29) is 73.1 Å². The Bertz CT molecular complexity index is 2640. The van der Waals surface area contributed by atoms with Gasteiger partial charge in [-0.3, -0.25) is 19.2 Å². The highest BCUT2D eigenvalue weighted by Crippen LogP contribution is 2.51. The standard InChI is InChI=1S/C49H59N3O12/c1-22-14-17-52(18-15-22)31-20-32(54)37-33(21-31)63-46-38(50-37)34-35-42(57)29(8)45-36(34)47(59)49(10,64-45)61-19-16-23(2)26(5)44(62-30(9)53)28(7)41(56)27(6)40(55)24(3)12-11-13-25(4)48(60)51-39(46)43(35)58/h11-13,16,19-24,26-28,40-41,44,54-57H,14-15,17-18H2,1-10H3,(H,51,60)/b12-11+,19-16+,25-13-/t23-,24-,26+,27+,28+,40-,41+,44+,49-/m0/s1. The van der Waals surface area contributed by atoms with Crippen molar-refractivity contribution in [3.63, 3.8) is 0 Å². The second kappa shape index (κ2) is 17.6. The van der Waals surface area contributed by atoms with Gasteiger partial charge in [-0.2, -0.15) is 0 Å². The van der Waals surface area contributed by atoms with Crippen LogP contribution in [0.5, 0.6) is 17.2 Å². The van der Waals surface area contributed by atoms with Crippen molar-refractivity contribution >= 4 is 50.9 Å². The van der Waals surface area contributed by atoms with Crippen LogP contribution >= 0.6 is 0 Å². The van der Waals surface area contributed by atoms with Gasteiger partial charge >= 0.3 is 11.8 Å². The molecular formula is C49H59N3O12. The summed E-state index contributed by atoms with van der Waals surface area (Å²) in [4.78, 5) is 62.8. The topological polar surface area (TPSA) is 218 Å². The van der Waals surface area contributed by atoms with Gasteiger partial charge in [0.2, 0.25) is 5.43 Å². The fraction of sp³-hybridized carbons (Fsp3) is 0.490. The zero-order chi connectivity index (χ0) is 46.7. The number of phenolic OH excluding ortho intramolecular Hbond substituents is 2. The molecule has 5 aliphatic heterocycles. The van der Waals surface area contributed by atoms with Crippen molar-refractivity contribution in [3.05, 3.63) is 69.6 Å². The summed E-state index contributed by atoms with van der Waals surface area (Å²) in [5, 5.41) is 48.5. The van der Waals surface area contributed by atoms with Crippen molar-refractivity contribution < 1.29 is 53.4 Å². The number of carbonyl (C=O) groups is 3. The van der Waals surface area contributed by atoms with Crippen LogP contribution in [-0.4, -0.2) is 80.3 Å². The number of aliphatic hydroxyl groups excluding tert-OH is 2. The number of nitrogens with one attached hydrogen (secondary N) is 1. The summed E-state index contributed by atoms with van der Waals surface area (Å²) in [6, 6.07) is 3.29. The fourth-order valence-electron chi connectivity index (χ4n) is 9.19. The van der Waals surface area contributed by atoms with Gasteiger partial charge in [-0.15, -0.1) is 0 Å². The van der Waals surface area contributed by atoms with E-state index < -0.39 is 76.6 Å². The summed E-state index contributed by atoms with van der Waals surface area (Å²) in [5.74, 6) is -7.01. The molecule has 1 amide bonds. The Morgan fingerprint density at radius 3 is 2.28 bits per heavy atom. The highest BCUT2D eigenvalue weighted by atomic mass is 16.7. The Kier molecular flexibility index (Phi) is 12.6. The van der Waals surface area contributed by atoms with Gasteiger partial charge in [-0.25, -0.2) is 4.98 Å². The van der Waals surface area contributed by atoms with Crippen molar-refractivity contribution in [2.24, 2.45) is 35.5 Å². The molecule has 0 saturated carbocycles. The van der Waals surface area contributed by atoms with Gasteiger partial charge in [0, 0.05) is 79.0 Å². The largest absolute Gasteiger partial charge is 0.507 e. The van der Waals surface area contributed by atoms with Gasteiger partial charge in [0.1, 0.15) is 40.3 Å². The van der Waals surface area contributed by atoms with Crippen LogP contribution in [-0.2, 0) is 19.1 Å². The van der Waals surface area contributed by atoms with Gasteiger partial charge < -0.3 is 49.3 Å². The van der Waals surface area contributed by atoms with Crippen molar-refractivity contribution in [3.8, 4) is 28.7 Å². The van der Waals surface area contributed by atoms with E-state index in [1.54, 1.807) is 51.1 Å². The van der Waals surface area contributed by atoms with E-state index in [9.17, 15) is 39.6 Å². The number of anilines is 2. The van der Waals surface area contributed by atoms with E-state index >= 15 is 0 Å². The third kappa shape index (κ3) is 8.19. The number of esters is 1. The van der Waals surface area contributed by atoms with Crippen molar-refractivity contribution in [1.29, 1.82) is 0 Å². The monoisotopic (exact) mass is 881 g/mol. The lowest BCUT2D eigenvalue weighted by Gasteiger charge is -2.37. The Morgan fingerprint density at radius 1 is 0.922 bits per heavy atom. The first kappa shape index (κ1) is 46.1. The van der Waals surface area contributed by atoms with Crippen LogP contribution in [0.25, 0.3) is 33.3 Å². The van der Waals surface area contributed by atoms with Crippen LogP contribution in [0.4, 0.5) is 11.4 Å². The summed E-state index contributed by atoms with van der Waals surface area (Å²) < 4.78 is 24.6. The first-order valence-corrected chi connectivity index (χ1v) is 22.0. The predicted octanol–water partition coefficient (Wildman–Crippen LogP) is 7.51. The molecule has 1 aliphatic carbocycles. The maximum absolute atomic E-state index is 14.8. The molecular weight excluding hydrogens is 823 g/mol. The first-order chi connectivity index (χ1) is 30.1. The average Bonchev–Trinajstić information content (AvgIpc) is 3.52. The van der Waals surface area contributed by atoms with Crippen molar-refractivity contribution in [1.82, 2.24) is 4.98 Å². The number of nitrogens with zero attached hydrogens (tertiary/aromatic N) is 2. The van der Waals surface area contributed by atoms with E-state index in [1.807, 2.05) is 13.8 Å². The van der Waals surface area contributed by atoms with E-state index in [1.165, 1.54) is 40.0 Å². The number of phenols is 2. The lowest BCUT2D eigenvalue weighted by Crippen LogP contribution is -2.45. The third-order valence-electron chi connectivity index (χ3n) is 13.7. The number of fused-ring (bicyclic) bond motifs is 14. The van der Waals surface area contributed by atoms with E-state index in [2.05, 4.69) is 17.1 Å². The molecule has 342 valence electrons. The number of benzene rings is 3. The van der Waals surface area contributed by atoms with Gasteiger partial charge in [0.25, 0.3) is 11.7 Å². The number of amides is 1. The number of Topliss-reactive ketones (excluding diaryl/α,β-unsaturated/α-hetero) is 1. The minimum Gasteiger partial charge on any atom is -0.507 e. The maximum Gasteiger partial charge on any atom is 0.312 e. The Morgan fingerprint density at radius 2 is 1.61 bits per heavy atom. The number of ether oxygens (including phenoxy) is 3. The van der Waals surface area contributed by atoms with E-state index in [0.29, 0.717) is 11.6 Å². The quantitative estimate of drug-likeness (QED) is 0.0748. The number of aromatic hydroxyl groups is 2. The highest BCUT2D eigenvalue weighted by molar-refractivity contribution is 6.22. The van der Waals surface area contributed by atoms with E-state index in [0.717, 1.165) is 25.9 Å². The zero-order valence-electron chi connectivity index (χ0n) is 38.0. The van der Waals surface area contributed by atoms with Gasteiger partial charge in [-0.05, 0) is 50.5 Å². The van der Waals surface area contributed by atoms with E-state index in [4.69, 9.17) is 23.6 Å². The average molecular weight is 882 g/mol. The lowest BCUT2D eigenvalue weighted by molar-refractivity contribution is -0.158. The fourth-order valence-corrected chi connectivity index (χ4v) is 9.19. The van der Waals surface area contributed by atoms with Crippen molar-refractivity contribution in [2.45, 2.75) is 106 Å². The molecule has 1 saturated heterocycles. The Balaban J connectivity index is 1.44. The molecule has 2 aromatic carbocycles. The number of hydrogen-bond acceptors (Lipinski definition) is 14. The lowest BCUT2D eigenvalue weighted by atomic mass is 9.77. The molecule has 0 spiro atoms. The number of rotatable bonds is 2. The molecule has 8 rings (SSSR count). The third-order valence-corrected chi connectivity index (χ3v) is 13.7. The molecule has 0 unspecified atom stereocenters. The van der Waals surface area contributed by atoms with Gasteiger partial charge in [0.15, 0.2) is 11.3 Å². The zero-order valence-corrected chi connectivity index (χ0v) is 38.0. The number of aromatic nitrogens is 1. The first-order valence-electron chi connectivity index (χ1n) is 22.0. The minimum atomic E-state index is -2.02. The molecule has 5 heterocycles. The SMILES string of the molecule is CC(=O)O[C@H]1[C@H](C)[C@H](O)[C@H](C)[C@@H](O)[C@@H](C)/C=C/C=C(/C)C(=O)Nc2c3oc4cc(N5CCC(C)CC5)cc(O)c4nc-3c3c4c(c(C)c(O)c3c2=O)O[C@](C)(O/C=C/[C@H](C)[C@H]1C)C4=O. The van der Waals surface area contributed by atoms with Crippen LogP contribution in [0.3, 0.4) is 0 Å². The Labute approximate surface area is 371 Å². The molecule has 6 aliphatic rings. The normalized spacial score (nSPS) is 30.5. The summed E-state index contributed by atoms with van der Waals surface area (Å²) in [5.41, 5.74) is -0.457. The smallest absolute Gasteiger partial charge is 0.312 e. The molecule has 1 fully saturated rings. The van der Waals surface area contributed by atoms with Crippen molar-refractivity contribution in [2.75, 3.05) is 23.3 Å². The summed E-state index contributed by atoms with van der Waals surface area (Å²) in [6.07, 6.45) is 6.71. The highest BCUT2D eigenvalue weighted by Gasteiger charge is 2.50. The maximum atomic E-state index is 14.8. The number of hydrogen-bond donors (Lipinski definition) is 5. The second-order valence-corrected chi connectivity index (χ2v) is 18.4. The molecule has 0 radical (unpaired) electrons. The molecule has 5 N–H and O–H groups in total. The van der Waals surface area contributed by atoms with Gasteiger partial charge in [-0.1, -0.05) is 59.8 Å². The number of ketones is 1. The molecule has 15 nitrogen and oxygen atoms in total.